The number of amides is 1. The average molecular weight is 217 g/mol. The van der Waals surface area contributed by atoms with Gasteiger partial charge in [-0.25, -0.2) is 4.98 Å². The number of ether oxygens (including phenoxy) is 1. The molecule has 0 spiro atoms. The molecule has 0 saturated carbocycles. The summed E-state index contributed by atoms with van der Waals surface area (Å²) in [5.74, 6) is -0.0763. The van der Waals surface area contributed by atoms with Crippen molar-refractivity contribution in [2.24, 2.45) is 5.73 Å². The minimum Gasteiger partial charge on any atom is -0.380 e. The van der Waals surface area contributed by atoms with Gasteiger partial charge in [-0.05, 0) is 12.1 Å². The summed E-state index contributed by atoms with van der Waals surface area (Å²) in [6.07, 6.45) is 3.54. The normalized spacial score (nSPS) is 16.2. The zero-order valence-electron chi connectivity index (χ0n) is 8.59. The monoisotopic (exact) mass is 217 g/mol. The van der Waals surface area contributed by atoms with Crippen molar-refractivity contribution in [3.05, 3.63) is 35.9 Å². The molecule has 3 heterocycles. The van der Waals surface area contributed by atoms with Gasteiger partial charge in [0.25, 0.3) is 0 Å². The van der Waals surface area contributed by atoms with Gasteiger partial charge in [0.15, 0.2) is 0 Å². The molecule has 1 aliphatic heterocycles. The Morgan fingerprint density at radius 3 is 3.00 bits per heavy atom. The third kappa shape index (κ3) is 1.29. The molecule has 0 aliphatic carbocycles. The first-order chi connectivity index (χ1) is 7.75. The number of fused-ring (bicyclic) bond motifs is 1. The molecule has 1 fully saturated rings. The van der Waals surface area contributed by atoms with E-state index in [1.165, 1.54) is 0 Å². The summed E-state index contributed by atoms with van der Waals surface area (Å²) in [5, 5.41) is 0. The van der Waals surface area contributed by atoms with Crippen LogP contribution in [0.25, 0.3) is 5.52 Å². The highest BCUT2D eigenvalue weighted by Crippen LogP contribution is 2.26. The smallest absolute Gasteiger partial charge is 0.248 e. The fraction of sp³-hybridized carbons (Fsp3) is 0.273. The Bertz CT molecular complexity index is 557. The standard InChI is InChI=1S/C11H11N3O2/c12-11(15)7-1-2-14-6-13-10(9(14)3-7)8-4-16-5-8/h1-3,6,8H,4-5H2,(H2,12,15). The van der Waals surface area contributed by atoms with Crippen molar-refractivity contribution >= 4 is 11.4 Å². The number of imidazole rings is 1. The molecule has 1 saturated heterocycles. The molecule has 0 atom stereocenters. The van der Waals surface area contributed by atoms with E-state index in [2.05, 4.69) is 4.98 Å². The number of rotatable bonds is 2. The van der Waals surface area contributed by atoms with E-state index in [1.54, 1.807) is 24.7 Å². The number of carbonyl (C=O) groups excluding carboxylic acids is 1. The number of pyridine rings is 1. The molecule has 5 nitrogen and oxygen atoms in total. The van der Waals surface area contributed by atoms with Gasteiger partial charge in [-0.2, -0.15) is 0 Å². The van der Waals surface area contributed by atoms with Crippen molar-refractivity contribution in [2.45, 2.75) is 5.92 Å². The van der Waals surface area contributed by atoms with Gasteiger partial charge in [0.05, 0.1) is 36.7 Å². The molecular formula is C11H11N3O2. The highest BCUT2D eigenvalue weighted by atomic mass is 16.5. The summed E-state index contributed by atoms with van der Waals surface area (Å²) in [4.78, 5) is 15.4. The first kappa shape index (κ1) is 9.35. The van der Waals surface area contributed by atoms with E-state index in [0.717, 1.165) is 11.2 Å². The van der Waals surface area contributed by atoms with E-state index < -0.39 is 5.91 Å². The maximum atomic E-state index is 11.1. The zero-order chi connectivity index (χ0) is 11.1. The summed E-state index contributed by atoms with van der Waals surface area (Å²) in [7, 11) is 0. The lowest BCUT2D eigenvalue weighted by Gasteiger charge is -2.24. The molecule has 0 radical (unpaired) electrons. The number of carbonyl (C=O) groups is 1. The Morgan fingerprint density at radius 2 is 2.38 bits per heavy atom. The molecular weight excluding hydrogens is 206 g/mol. The zero-order valence-corrected chi connectivity index (χ0v) is 8.59. The van der Waals surface area contributed by atoms with Gasteiger partial charge >= 0.3 is 0 Å². The molecule has 2 N–H and O–H groups in total. The van der Waals surface area contributed by atoms with Crippen LogP contribution in [0.4, 0.5) is 0 Å². The summed E-state index contributed by atoms with van der Waals surface area (Å²) >= 11 is 0. The topological polar surface area (TPSA) is 69.6 Å². The third-order valence-corrected chi connectivity index (χ3v) is 2.88. The fourth-order valence-electron chi connectivity index (χ4n) is 1.87. The van der Waals surface area contributed by atoms with Gasteiger partial charge in [-0.1, -0.05) is 0 Å². The molecule has 3 rings (SSSR count). The fourth-order valence-corrected chi connectivity index (χ4v) is 1.87. The van der Waals surface area contributed by atoms with Crippen LogP contribution in [0, 0.1) is 0 Å². The van der Waals surface area contributed by atoms with E-state index in [-0.39, 0.29) is 0 Å². The molecule has 1 amide bonds. The number of aromatic nitrogens is 2. The van der Waals surface area contributed by atoms with Crippen molar-refractivity contribution in [2.75, 3.05) is 13.2 Å². The van der Waals surface area contributed by atoms with E-state index in [4.69, 9.17) is 10.5 Å². The molecule has 82 valence electrons. The first-order valence-electron chi connectivity index (χ1n) is 5.10. The van der Waals surface area contributed by atoms with Gasteiger partial charge in [0.2, 0.25) is 5.91 Å². The number of hydrogen-bond acceptors (Lipinski definition) is 3. The third-order valence-electron chi connectivity index (χ3n) is 2.88. The summed E-state index contributed by atoms with van der Waals surface area (Å²) in [6.45, 7) is 1.40. The van der Waals surface area contributed by atoms with E-state index in [1.807, 2.05) is 4.40 Å². The van der Waals surface area contributed by atoms with E-state index >= 15 is 0 Å². The number of primary amides is 1. The lowest BCUT2D eigenvalue weighted by atomic mass is 10.0. The highest BCUT2D eigenvalue weighted by molar-refractivity contribution is 5.94. The maximum absolute atomic E-state index is 11.1. The van der Waals surface area contributed by atoms with Crippen molar-refractivity contribution in [3.8, 4) is 0 Å². The minimum absolute atomic E-state index is 0.341. The van der Waals surface area contributed by atoms with Gasteiger partial charge in [-0.3, -0.25) is 4.79 Å². The molecule has 2 aromatic heterocycles. The molecule has 0 bridgehead atoms. The van der Waals surface area contributed by atoms with Gasteiger partial charge in [0, 0.05) is 11.8 Å². The molecule has 0 aromatic carbocycles. The maximum Gasteiger partial charge on any atom is 0.248 e. The minimum atomic E-state index is -0.417. The Kier molecular flexibility index (Phi) is 1.94. The summed E-state index contributed by atoms with van der Waals surface area (Å²) < 4.78 is 7.03. The molecule has 16 heavy (non-hydrogen) atoms. The molecule has 5 heteroatoms. The van der Waals surface area contributed by atoms with E-state index in [0.29, 0.717) is 24.7 Å². The van der Waals surface area contributed by atoms with Crippen LogP contribution >= 0.6 is 0 Å². The highest BCUT2D eigenvalue weighted by Gasteiger charge is 2.24. The van der Waals surface area contributed by atoms with Gasteiger partial charge in [0.1, 0.15) is 0 Å². The van der Waals surface area contributed by atoms with Crippen LogP contribution in [0.5, 0.6) is 0 Å². The number of nitrogens with two attached hydrogens (primary N) is 1. The number of nitrogens with zero attached hydrogens (tertiary/aromatic N) is 2. The Balaban J connectivity index is 2.15. The largest absolute Gasteiger partial charge is 0.380 e. The van der Waals surface area contributed by atoms with Crippen LogP contribution < -0.4 is 5.73 Å². The lowest BCUT2D eigenvalue weighted by molar-refractivity contribution is 0.00745. The van der Waals surface area contributed by atoms with Crippen molar-refractivity contribution in [3.63, 3.8) is 0 Å². The number of hydrogen-bond donors (Lipinski definition) is 1. The SMILES string of the molecule is NC(=O)c1ccn2cnc(C3COC3)c2c1. The van der Waals surface area contributed by atoms with Crippen LogP contribution in [0.3, 0.4) is 0 Å². The molecule has 1 aliphatic rings. The first-order valence-corrected chi connectivity index (χ1v) is 5.10. The lowest BCUT2D eigenvalue weighted by Crippen LogP contribution is -2.25. The quantitative estimate of drug-likeness (QED) is 0.798. The van der Waals surface area contributed by atoms with Crippen LogP contribution in [0.15, 0.2) is 24.7 Å². The van der Waals surface area contributed by atoms with Gasteiger partial charge < -0.3 is 14.9 Å². The second-order valence-corrected chi connectivity index (χ2v) is 3.94. The van der Waals surface area contributed by atoms with E-state index in [9.17, 15) is 4.79 Å². The Labute approximate surface area is 91.8 Å². The van der Waals surface area contributed by atoms with Gasteiger partial charge in [-0.15, -0.1) is 0 Å². The van der Waals surface area contributed by atoms with Crippen LogP contribution in [-0.4, -0.2) is 28.5 Å². The second kappa shape index (κ2) is 3.31. The van der Waals surface area contributed by atoms with Crippen LogP contribution in [0.2, 0.25) is 0 Å². The average Bonchev–Trinajstić information content (AvgIpc) is 2.59. The predicted molar refractivity (Wildman–Crippen MR) is 57.3 cm³/mol. The Morgan fingerprint density at radius 1 is 1.56 bits per heavy atom. The molecule has 0 unspecified atom stereocenters. The van der Waals surface area contributed by atoms with Crippen LogP contribution in [-0.2, 0) is 4.74 Å². The Hall–Kier alpha value is -1.88. The van der Waals surface area contributed by atoms with Crippen molar-refractivity contribution in [1.29, 1.82) is 0 Å². The predicted octanol–water partition coefficient (Wildman–Crippen LogP) is 0.547. The van der Waals surface area contributed by atoms with Crippen molar-refractivity contribution < 1.29 is 9.53 Å². The van der Waals surface area contributed by atoms with Crippen LogP contribution in [0.1, 0.15) is 22.0 Å². The van der Waals surface area contributed by atoms with Crippen molar-refractivity contribution in [1.82, 2.24) is 9.38 Å². The summed E-state index contributed by atoms with van der Waals surface area (Å²) in [5.41, 5.74) is 7.68. The summed E-state index contributed by atoms with van der Waals surface area (Å²) in [6, 6.07) is 3.47. The molecule has 2 aromatic rings. The second-order valence-electron chi connectivity index (χ2n) is 3.94.